The van der Waals surface area contributed by atoms with Crippen molar-refractivity contribution < 1.29 is 13.2 Å². The highest BCUT2D eigenvalue weighted by Gasteiger charge is 2.32. The zero-order valence-electron chi connectivity index (χ0n) is 15.2. The molecule has 2 aliphatic rings. The molecule has 0 spiro atoms. The Morgan fingerprint density at radius 1 is 1.36 bits per heavy atom. The third-order valence-electron chi connectivity index (χ3n) is 5.36. The number of aromatic nitrogens is 1. The van der Waals surface area contributed by atoms with E-state index >= 15 is 0 Å². The maximum absolute atomic E-state index is 12.9. The van der Waals surface area contributed by atoms with Crippen LogP contribution in [0.4, 0.5) is 0 Å². The predicted octanol–water partition coefficient (Wildman–Crippen LogP) is 0.880. The van der Waals surface area contributed by atoms with Gasteiger partial charge in [0.1, 0.15) is 10.6 Å². The van der Waals surface area contributed by atoms with Crippen molar-refractivity contribution in [1.82, 2.24) is 19.1 Å². The van der Waals surface area contributed by atoms with Crippen LogP contribution in [0.5, 0.6) is 0 Å². The number of nitrogens with zero attached hydrogens (tertiary/aromatic N) is 3. The summed E-state index contributed by atoms with van der Waals surface area (Å²) >= 11 is 0. The van der Waals surface area contributed by atoms with Gasteiger partial charge in [-0.15, -0.1) is 0 Å². The minimum Gasteiger partial charge on any atom is -0.345 e. The summed E-state index contributed by atoms with van der Waals surface area (Å²) in [6, 6.07) is 1.68. The van der Waals surface area contributed by atoms with E-state index in [9.17, 15) is 13.2 Å². The topological polar surface area (TPSA) is 74.7 Å². The number of nitrogens with one attached hydrogen (secondary N) is 1. The molecule has 2 saturated heterocycles. The molecule has 25 heavy (non-hydrogen) atoms. The van der Waals surface area contributed by atoms with Gasteiger partial charge in [-0.25, -0.2) is 8.42 Å². The average molecular weight is 369 g/mol. The molecule has 1 amide bonds. The number of hydrogen-bond acceptors (Lipinski definition) is 4. The third-order valence-corrected chi connectivity index (χ3v) is 7.19. The predicted molar refractivity (Wildman–Crippen MR) is 95.9 cm³/mol. The largest absolute Gasteiger partial charge is 0.345 e. The van der Waals surface area contributed by atoms with Crippen LogP contribution in [0.3, 0.4) is 0 Å². The lowest BCUT2D eigenvalue weighted by Crippen LogP contribution is -2.39. The number of rotatable bonds is 4. The highest BCUT2D eigenvalue weighted by molar-refractivity contribution is 7.89. The van der Waals surface area contributed by atoms with Crippen LogP contribution < -0.4 is 5.32 Å². The molecule has 3 rings (SSSR count). The van der Waals surface area contributed by atoms with E-state index in [1.807, 2.05) is 0 Å². The average Bonchev–Trinajstić information content (AvgIpc) is 3.23. The first-order chi connectivity index (χ1) is 11.8. The first-order valence-electron chi connectivity index (χ1n) is 8.95. The molecule has 2 atom stereocenters. The smallest absolute Gasteiger partial charge is 0.270 e. The van der Waals surface area contributed by atoms with Gasteiger partial charge < -0.3 is 14.8 Å². The van der Waals surface area contributed by atoms with Crippen molar-refractivity contribution in [1.29, 1.82) is 0 Å². The van der Waals surface area contributed by atoms with Gasteiger partial charge in [0.05, 0.1) is 0 Å². The van der Waals surface area contributed by atoms with Crippen LogP contribution in [-0.2, 0) is 17.1 Å². The van der Waals surface area contributed by atoms with Gasteiger partial charge in [-0.2, -0.15) is 4.31 Å². The van der Waals surface area contributed by atoms with Gasteiger partial charge in [0, 0.05) is 46.0 Å². The number of carbonyl (C=O) groups excluding carboxylic acids is 1. The summed E-state index contributed by atoms with van der Waals surface area (Å²) in [5.41, 5.74) is 0.415. The van der Waals surface area contributed by atoms with Crippen LogP contribution in [0.1, 0.15) is 36.7 Å². The maximum Gasteiger partial charge on any atom is 0.270 e. The Morgan fingerprint density at radius 2 is 2.12 bits per heavy atom. The van der Waals surface area contributed by atoms with Gasteiger partial charge in [0.15, 0.2) is 0 Å². The van der Waals surface area contributed by atoms with E-state index in [1.54, 1.807) is 34.1 Å². The summed E-state index contributed by atoms with van der Waals surface area (Å²) in [5.74, 6) is 0.235. The van der Waals surface area contributed by atoms with Crippen molar-refractivity contribution in [3.05, 3.63) is 18.0 Å². The van der Waals surface area contributed by atoms with Crippen molar-refractivity contribution in [2.75, 3.05) is 33.2 Å². The first-order valence-corrected chi connectivity index (χ1v) is 10.4. The molecular weight excluding hydrogens is 340 g/mol. The SMILES string of the molecule is CC1CCCN(S(=O)(=O)c2cc(C(=O)N(C)C3CCNC3)n(C)c2)C1. The first kappa shape index (κ1) is 18.4. The monoisotopic (exact) mass is 368 g/mol. The standard InChI is InChI=1S/C17H28N4O3S/c1-13-5-4-8-21(11-13)25(23,24)15-9-16(19(2)12-15)17(22)20(3)14-6-7-18-10-14/h9,12-14,18H,4-8,10-11H2,1-3H3. The molecule has 1 N–H and O–H groups in total. The van der Waals surface area contributed by atoms with E-state index in [0.29, 0.717) is 24.7 Å². The number of likely N-dealkylation sites (N-methyl/N-ethyl adjacent to an activating group) is 1. The van der Waals surface area contributed by atoms with Gasteiger partial charge in [0.2, 0.25) is 10.0 Å². The van der Waals surface area contributed by atoms with Crippen molar-refractivity contribution in [3.63, 3.8) is 0 Å². The van der Waals surface area contributed by atoms with Crippen LogP contribution >= 0.6 is 0 Å². The molecule has 140 valence electrons. The second kappa shape index (κ2) is 7.09. The van der Waals surface area contributed by atoms with Crippen molar-refractivity contribution in [2.24, 2.45) is 13.0 Å². The van der Waals surface area contributed by atoms with Crippen LogP contribution in [0.15, 0.2) is 17.2 Å². The van der Waals surface area contributed by atoms with Crippen molar-refractivity contribution >= 4 is 15.9 Å². The summed E-state index contributed by atoms with van der Waals surface area (Å²) in [6.07, 6.45) is 4.42. The summed E-state index contributed by atoms with van der Waals surface area (Å²) in [5, 5.41) is 3.25. The second-order valence-electron chi connectivity index (χ2n) is 7.35. The molecule has 0 saturated carbocycles. The van der Waals surface area contributed by atoms with Gasteiger partial charge in [-0.1, -0.05) is 6.92 Å². The molecule has 1 aromatic rings. The summed E-state index contributed by atoms with van der Waals surface area (Å²) < 4.78 is 29.0. The van der Waals surface area contributed by atoms with Crippen molar-refractivity contribution in [2.45, 2.75) is 37.1 Å². The van der Waals surface area contributed by atoms with E-state index in [-0.39, 0.29) is 16.8 Å². The molecule has 2 fully saturated rings. The Balaban J connectivity index is 1.82. The van der Waals surface area contributed by atoms with Gasteiger partial charge >= 0.3 is 0 Å². The fourth-order valence-corrected chi connectivity index (χ4v) is 5.39. The molecule has 8 heteroatoms. The second-order valence-corrected chi connectivity index (χ2v) is 9.28. The zero-order chi connectivity index (χ0) is 18.2. The fraction of sp³-hybridized carbons (Fsp3) is 0.706. The summed E-state index contributed by atoms with van der Waals surface area (Å²) in [6.45, 7) is 4.87. The van der Waals surface area contributed by atoms with Crippen LogP contribution in [0, 0.1) is 5.92 Å². The van der Waals surface area contributed by atoms with Crippen LogP contribution in [-0.4, -0.2) is 67.4 Å². The Hall–Kier alpha value is -1.38. The van der Waals surface area contributed by atoms with Gasteiger partial charge in [0.25, 0.3) is 5.91 Å². The Bertz CT molecular complexity index is 737. The molecule has 1 aromatic heterocycles. The summed E-state index contributed by atoms with van der Waals surface area (Å²) in [4.78, 5) is 14.7. The molecule has 0 aromatic carbocycles. The molecule has 0 radical (unpaired) electrons. The number of piperidine rings is 1. The Morgan fingerprint density at radius 3 is 2.76 bits per heavy atom. The minimum atomic E-state index is -3.55. The highest BCUT2D eigenvalue weighted by Crippen LogP contribution is 2.25. The Labute approximate surface area is 150 Å². The van der Waals surface area contributed by atoms with E-state index in [4.69, 9.17) is 0 Å². The number of sulfonamides is 1. The quantitative estimate of drug-likeness (QED) is 0.856. The maximum atomic E-state index is 12.9. The fourth-order valence-electron chi connectivity index (χ4n) is 3.72. The lowest BCUT2D eigenvalue weighted by atomic mass is 10.0. The van der Waals surface area contributed by atoms with E-state index in [2.05, 4.69) is 12.2 Å². The normalized spacial score (nSPS) is 25.2. The Kier molecular flexibility index (Phi) is 5.22. The van der Waals surface area contributed by atoms with Gasteiger partial charge in [-0.3, -0.25) is 4.79 Å². The van der Waals surface area contributed by atoms with E-state index in [1.165, 1.54) is 6.07 Å². The van der Waals surface area contributed by atoms with Gasteiger partial charge in [-0.05, 0) is 37.8 Å². The number of carbonyl (C=O) groups is 1. The van der Waals surface area contributed by atoms with E-state index < -0.39 is 10.0 Å². The summed E-state index contributed by atoms with van der Waals surface area (Å²) in [7, 11) is -0.0322. The zero-order valence-corrected chi connectivity index (χ0v) is 16.1. The highest BCUT2D eigenvalue weighted by atomic mass is 32.2. The molecule has 0 bridgehead atoms. The number of amides is 1. The van der Waals surface area contributed by atoms with Crippen LogP contribution in [0.2, 0.25) is 0 Å². The number of hydrogen-bond donors (Lipinski definition) is 1. The van der Waals surface area contributed by atoms with E-state index in [0.717, 1.165) is 32.4 Å². The molecule has 3 heterocycles. The van der Waals surface area contributed by atoms with Crippen molar-refractivity contribution in [3.8, 4) is 0 Å². The minimum absolute atomic E-state index is 0.135. The van der Waals surface area contributed by atoms with Crippen LogP contribution in [0.25, 0.3) is 0 Å². The molecule has 7 nitrogen and oxygen atoms in total. The third kappa shape index (κ3) is 3.61. The lowest BCUT2D eigenvalue weighted by molar-refractivity contribution is 0.0734. The molecular formula is C17H28N4O3S. The molecule has 2 aliphatic heterocycles. The molecule has 0 aliphatic carbocycles. The lowest BCUT2D eigenvalue weighted by Gasteiger charge is -2.29. The molecule has 2 unspecified atom stereocenters. The number of aryl methyl sites for hydroxylation is 1.